The van der Waals surface area contributed by atoms with Crippen molar-refractivity contribution in [3.05, 3.63) is 29.8 Å². The Labute approximate surface area is 201 Å². The van der Waals surface area contributed by atoms with E-state index in [4.69, 9.17) is 20.2 Å². The fourth-order valence-corrected chi connectivity index (χ4v) is 3.02. The van der Waals surface area contributed by atoms with E-state index in [9.17, 15) is 9.59 Å². The van der Waals surface area contributed by atoms with Crippen LogP contribution in [0, 0.1) is 0 Å². The second-order valence-electron chi connectivity index (χ2n) is 8.15. The van der Waals surface area contributed by atoms with E-state index in [0.29, 0.717) is 18.8 Å². The Bertz CT molecular complexity index is 766. The molecule has 1 fully saturated rings. The van der Waals surface area contributed by atoms with Crippen LogP contribution in [-0.2, 0) is 16.1 Å². The molecule has 1 saturated heterocycles. The number of ether oxygens (including phenoxy) is 2. The number of rotatable bonds is 7. The number of hydrogen-bond donors (Lipinski definition) is 3. The van der Waals surface area contributed by atoms with Gasteiger partial charge in [-0.1, -0.05) is 12.1 Å². The second-order valence-corrected chi connectivity index (χ2v) is 8.15. The average molecular weight is 547 g/mol. The lowest BCUT2D eigenvalue weighted by Crippen LogP contribution is -2.44. The molecular formula is C21H34IN5O4. The highest BCUT2D eigenvalue weighted by Crippen LogP contribution is 2.15. The molecule has 1 heterocycles. The van der Waals surface area contributed by atoms with Crippen molar-refractivity contribution >= 4 is 41.9 Å². The van der Waals surface area contributed by atoms with Crippen molar-refractivity contribution in [3.8, 4) is 5.75 Å². The van der Waals surface area contributed by atoms with Gasteiger partial charge in [0.25, 0.3) is 5.91 Å². The molecule has 4 N–H and O–H groups in total. The molecule has 2 amide bonds. The number of likely N-dealkylation sites (tertiary alicyclic amines) is 1. The van der Waals surface area contributed by atoms with E-state index in [1.165, 1.54) is 0 Å². The number of carbonyl (C=O) groups excluding carboxylic acids is 2. The molecular weight excluding hydrogens is 513 g/mol. The molecule has 1 aliphatic heterocycles. The van der Waals surface area contributed by atoms with E-state index >= 15 is 0 Å². The van der Waals surface area contributed by atoms with Gasteiger partial charge in [-0.25, -0.2) is 9.79 Å². The summed E-state index contributed by atoms with van der Waals surface area (Å²) in [7, 11) is 0. The highest BCUT2D eigenvalue weighted by Gasteiger charge is 2.27. The maximum Gasteiger partial charge on any atom is 0.407 e. The van der Waals surface area contributed by atoms with Crippen LogP contribution in [0.5, 0.6) is 5.75 Å². The molecule has 0 bridgehead atoms. The summed E-state index contributed by atoms with van der Waals surface area (Å²) in [6, 6.07) is 7.42. The summed E-state index contributed by atoms with van der Waals surface area (Å²) >= 11 is 0. The van der Waals surface area contributed by atoms with Crippen LogP contribution in [-0.4, -0.2) is 60.7 Å². The SMILES string of the molecule is CCNC(=NCc1cccc(OCC(N)=O)c1)N1CCC(NC(=O)OC(C)(C)C)C1.I. The smallest absolute Gasteiger partial charge is 0.407 e. The summed E-state index contributed by atoms with van der Waals surface area (Å²) in [6.45, 7) is 10.0. The zero-order chi connectivity index (χ0) is 22.1. The molecule has 0 spiro atoms. The third-order valence-electron chi connectivity index (χ3n) is 4.23. The molecule has 10 heteroatoms. The van der Waals surface area contributed by atoms with Crippen LogP contribution in [0.4, 0.5) is 4.79 Å². The maximum absolute atomic E-state index is 12.0. The van der Waals surface area contributed by atoms with Crippen molar-refractivity contribution in [3.63, 3.8) is 0 Å². The quantitative estimate of drug-likeness (QED) is 0.274. The first-order valence-corrected chi connectivity index (χ1v) is 10.2. The Morgan fingerprint density at radius 3 is 2.71 bits per heavy atom. The summed E-state index contributed by atoms with van der Waals surface area (Å²) < 4.78 is 10.7. The number of guanidine groups is 1. The van der Waals surface area contributed by atoms with Crippen LogP contribution in [0.2, 0.25) is 0 Å². The topological polar surface area (TPSA) is 118 Å². The molecule has 1 aromatic carbocycles. The third-order valence-corrected chi connectivity index (χ3v) is 4.23. The molecule has 0 aliphatic carbocycles. The Morgan fingerprint density at radius 1 is 1.32 bits per heavy atom. The van der Waals surface area contributed by atoms with Gasteiger partial charge < -0.3 is 30.7 Å². The van der Waals surface area contributed by atoms with E-state index in [2.05, 4.69) is 15.5 Å². The molecule has 0 saturated carbocycles. The van der Waals surface area contributed by atoms with Crippen molar-refractivity contribution in [2.24, 2.45) is 10.7 Å². The molecule has 174 valence electrons. The first kappa shape index (κ1) is 26.8. The van der Waals surface area contributed by atoms with Gasteiger partial charge in [-0.15, -0.1) is 24.0 Å². The maximum atomic E-state index is 12.0. The molecule has 1 atom stereocenters. The number of benzene rings is 1. The Morgan fingerprint density at radius 2 is 2.06 bits per heavy atom. The van der Waals surface area contributed by atoms with Crippen LogP contribution in [0.25, 0.3) is 0 Å². The first-order chi connectivity index (χ1) is 14.2. The number of nitrogens with two attached hydrogens (primary N) is 1. The van der Waals surface area contributed by atoms with E-state index in [0.717, 1.165) is 31.0 Å². The molecule has 1 unspecified atom stereocenters. The van der Waals surface area contributed by atoms with Gasteiger partial charge in [-0.3, -0.25) is 4.79 Å². The molecule has 31 heavy (non-hydrogen) atoms. The lowest BCUT2D eigenvalue weighted by molar-refractivity contribution is -0.119. The van der Waals surface area contributed by atoms with Gasteiger partial charge in [-0.2, -0.15) is 0 Å². The average Bonchev–Trinajstić information content (AvgIpc) is 3.10. The first-order valence-electron chi connectivity index (χ1n) is 10.2. The number of aliphatic imine (C=N–C) groups is 1. The van der Waals surface area contributed by atoms with Crippen LogP contribution in [0.3, 0.4) is 0 Å². The molecule has 2 rings (SSSR count). The van der Waals surface area contributed by atoms with Crippen molar-refractivity contribution in [2.75, 3.05) is 26.2 Å². The second kappa shape index (κ2) is 12.6. The largest absolute Gasteiger partial charge is 0.484 e. The van der Waals surface area contributed by atoms with E-state index < -0.39 is 17.6 Å². The van der Waals surface area contributed by atoms with Gasteiger partial charge in [0, 0.05) is 19.6 Å². The molecule has 9 nitrogen and oxygen atoms in total. The zero-order valence-electron chi connectivity index (χ0n) is 18.6. The number of amides is 2. The van der Waals surface area contributed by atoms with Crippen molar-refractivity contribution in [1.82, 2.24) is 15.5 Å². The number of halogens is 1. The van der Waals surface area contributed by atoms with Gasteiger partial charge >= 0.3 is 6.09 Å². The monoisotopic (exact) mass is 547 g/mol. The van der Waals surface area contributed by atoms with E-state index in [1.807, 2.05) is 45.9 Å². The highest BCUT2D eigenvalue weighted by atomic mass is 127. The lowest BCUT2D eigenvalue weighted by Gasteiger charge is -2.23. The van der Waals surface area contributed by atoms with Gasteiger partial charge in [0.1, 0.15) is 11.4 Å². The van der Waals surface area contributed by atoms with Crippen molar-refractivity contribution in [1.29, 1.82) is 0 Å². The minimum absolute atomic E-state index is 0. The molecule has 1 aliphatic rings. The normalized spacial score (nSPS) is 16.3. The number of nitrogens with zero attached hydrogens (tertiary/aromatic N) is 2. The van der Waals surface area contributed by atoms with Crippen LogP contribution in [0.15, 0.2) is 29.3 Å². The number of hydrogen-bond acceptors (Lipinski definition) is 5. The number of carbonyl (C=O) groups is 2. The summed E-state index contributed by atoms with van der Waals surface area (Å²) in [4.78, 5) is 29.7. The van der Waals surface area contributed by atoms with E-state index in [1.54, 1.807) is 6.07 Å². The highest BCUT2D eigenvalue weighted by molar-refractivity contribution is 14.0. The lowest BCUT2D eigenvalue weighted by atomic mass is 10.2. The van der Waals surface area contributed by atoms with Crippen molar-refractivity contribution in [2.45, 2.75) is 52.3 Å². The van der Waals surface area contributed by atoms with Crippen LogP contribution >= 0.6 is 24.0 Å². The standard InChI is InChI=1S/C21H33N5O4.HI/c1-5-23-19(24-12-15-7-6-8-17(11-15)29-14-18(22)27)26-10-9-16(13-26)25-20(28)30-21(2,3)4;/h6-8,11,16H,5,9-10,12-14H2,1-4H3,(H2,22,27)(H,23,24)(H,25,28);1H. The number of primary amides is 1. The number of nitrogens with one attached hydrogen (secondary N) is 2. The Kier molecular flexibility index (Phi) is 10.9. The Hall–Kier alpha value is -2.24. The van der Waals surface area contributed by atoms with Crippen molar-refractivity contribution < 1.29 is 19.1 Å². The summed E-state index contributed by atoms with van der Waals surface area (Å²) in [5.41, 5.74) is 5.55. The fraction of sp³-hybridized carbons (Fsp3) is 0.571. The molecule has 1 aromatic rings. The predicted molar refractivity (Wildman–Crippen MR) is 131 cm³/mol. The minimum Gasteiger partial charge on any atom is -0.484 e. The summed E-state index contributed by atoms with van der Waals surface area (Å²) in [6.07, 6.45) is 0.421. The van der Waals surface area contributed by atoms with Gasteiger partial charge in [-0.05, 0) is 51.8 Å². The van der Waals surface area contributed by atoms with E-state index in [-0.39, 0.29) is 36.6 Å². The fourth-order valence-electron chi connectivity index (χ4n) is 3.02. The summed E-state index contributed by atoms with van der Waals surface area (Å²) in [5.74, 6) is 0.847. The zero-order valence-corrected chi connectivity index (χ0v) is 21.0. The Balaban J connectivity index is 0.00000480. The number of alkyl carbamates (subject to hydrolysis) is 1. The van der Waals surface area contributed by atoms with Gasteiger partial charge in [0.2, 0.25) is 0 Å². The molecule has 0 radical (unpaired) electrons. The van der Waals surface area contributed by atoms with Crippen LogP contribution in [0.1, 0.15) is 39.7 Å². The van der Waals surface area contributed by atoms with Gasteiger partial charge in [0.05, 0.1) is 12.6 Å². The van der Waals surface area contributed by atoms with Crippen LogP contribution < -0.4 is 21.1 Å². The third kappa shape index (κ3) is 10.1. The summed E-state index contributed by atoms with van der Waals surface area (Å²) in [5, 5.41) is 6.23. The minimum atomic E-state index is -0.519. The van der Waals surface area contributed by atoms with Gasteiger partial charge in [0.15, 0.2) is 12.6 Å². The molecule has 0 aromatic heterocycles. The predicted octanol–water partition coefficient (Wildman–Crippen LogP) is 2.23.